The van der Waals surface area contributed by atoms with Gasteiger partial charge in [-0.2, -0.15) is 0 Å². The molecule has 0 amide bonds. The molecule has 1 aromatic heterocycles. The van der Waals surface area contributed by atoms with Gasteiger partial charge < -0.3 is 9.72 Å². The first kappa shape index (κ1) is 10.5. The predicted octanol–water partition coefficient (Wildman–Crippen LogP) is 2.78. The van der Waals surface area contributed by atoms with Crippen LogP contribution in [-0.4, -0.2) is 15.9 Å². The second kappa shape index (κ2) is 4.33. The third kappa shape index (κ3) is 1.96. The molecule has 0 spiro atoms. The Bertz CT molecular complexity index is 689. The van der Waals surface area contributed by atoms with Crippen LogP contribution in [0.5, 0.6) is 5.75 Å². The number of ether oxygens (including phenoxy) is 1. The molecule has 0 saturated heterocycles. The van der Waals surface area contributed by atoms with Crippen LogP contribution in [0.4, 0.5) is 0 Å². The van der Waals surface area contributed by atoms with Crippen LogP contribution >= 0.6 is 0 Å². The molecule has 1 N–H and O–H groups in total. The number of carbonyl (C=O) groups excluding carboxylic acids is 1. The second-order valence-corrected chi connectivity index (χ2v) is 3.84. The number of rotatable bonds is 2. The molecule has 0 radical (unpaired) electrons. The average molecular weight is 238 g/mol. The normalized spacial score (nSPS) is 10.4. The number of carbonyl (C=O) groups is 1. The topological polar surface area (TPSA) is 55.0 Å². The lowest BCUT2D eigenvalue weighted by molar-refractivity contribution is 0.0735. The van der Waals surface area contributed by atoms with E-state index in [1.165, 1.54) is 0 Å². The van der Waals surface area contributed by atoms with E-state index in [2.05, 4.69) is 9.97 Å². The van der Waals surface area contributed by atoms with E-state index in [0.29, 0.717) is 11.3 Å². The van der Waals surface area contributed by atoms with E-state index in [1.54, 1.807) is 42.7 Å². The van der Waals surface area contributed by atoms with Crippen LogP contribution in [0.25, 0.3) is 11.0 Å². The van der Waals surface area contributed by atoms with Crippen molar-refractivity contribution in [3.8, 4) is 5.75 Å². The van der Waals surface area contributed by atoms with E-state index < -0.39 is 0 Å². The summed E-state index contributed by atoms with van der Waals surface area (Å²) in [6.07, 6.45) is 1.60. The van der Waals surface area contributed by atoms with Crippen molar-refractivity contribution in [2.45, 2.75) is 0 Å². The number of aromatic nitrogens is 2. The highest BCUT2D eigenvalue weighted by Crippen LogP contribution is 2.18. The summed E-state index contributed by atoms with van der Waals surface area (Å²) >= 11 is 0. The van der Waals surface area contributed by atoms with Gasteiger partial charge in [0.25, 0.3) is 0 Å². The zero-order valence-corrected chi connectivity index (χ0v) is 9.46. The Hall–Kier alpha value is -2.62. The van der Waals surface area contributed by atoms with E-state index in [9.17, 15) is 4.79 Å². The van der Waals surface area contributed by atoms with Gasteiger partial charge in [-0.25, -0.2) is 9.78 Å². The number of nitrogens with one attached hydrogen (secondary N) is 1. The molecular formula is C14H10N2O2. The quantitative estimate of drug-likeness (QED) is 0.551. The number of imidazole rings is 1. The number of fused-ring (bicyclic) bond motifs is 1. The summed E-state index contributed by atoms with van der Waals surface area (Å²) in [7, 11) is 0. The van der Waals surface area contributed by atoms with Gasteiger partial charge in [-0.05, 0) is 24.3 Å². The van der Waals surface area contributed by atoms with Gasteiger partial charge in [0.15, 0.2) is 0 Å². The van der Waals surface area contributed by atoms with Gasteiger partial charge in [0.2, 0.25) is 0 Å². The SMILES string of the molecule is O=C(Oc1ccc2[nH]cnc2c1)c1ccccc1. The Labute approximate surface area is 103 Å². The number of aromatic amines is 1. The highest BCUT2D eigenvalue weighted by atomic mass is 16.5. The molecular weight excluding hydrogens is 228 g/mol. The summed E-state index contributed by atoms with van der Waals surface area (Å²) in [5.41, 5.74) is 2.21. The summed E-state index contributed by atoms with van der Waals surface area (Å²) in [6.45, 7) is 0. The minimum Gasteiger partial charge on any atom is -0.423 e. The van der Waals surface area contributed by atoms with E-state index in [1.807, 2.05) is 12.1 Å². The Morgan fingerprint density at radius 1 is 1.11 bits per heavy atom. The van der Waals surface area contributed by atoms with Crippen LogP contribution in [0.15, 0.2) is 54.9 Å². The van der Waals surface area contributed by atoms with Crippen LogP contribution < -0.4 is 4.74 Å². The Morgan fingerprint density at radius 3 is 2.78 bits per heavy atom. The molecule has 18 heavy (non-hydrogen) atoms. The van der Waals surface area contributed by atoms with E-state index in [-0.39, 0.29) is 5.97 Å². The zero-order valence-electron chi connectivity index (χ0n) is 9.46. The highest BCUT2D eigenvalue weighted by molar-refractivity contribution is 5.91. The first-order valence-electron chi connectivity index (χ1n) is 5.53. The monoisotopic (exact) mass is 238 g/mol. The van der Waals surface area contributed by atoms with Crippen molar-refractivity contribution in [1.82, 2.24) is 9.97 Å². The number of benzene rings is 2. The minimum absolute atomic E-state index is 0.370. The average Bonchev–Trinajstić information content (AvgIpc) is 2.87. The van der Waals surface area contributed by atoms with Crippen molar-refractivity contribution >= 4 is 17.0 Å². The zero-order chi connectivity index (χ0) is 12.4. The summed E-state index contributed by atoms with van der Waals surface area (Å²) in [4.78, 5) is 18.9. The third-order valence-electron chi connectivity index (χ3n) is 2.61. The van der Waals surface area contributed by atoms with Gasteiger partial charge in [-0.1, -0.05) is 18.2 Å². The van der Waals surface area contributed by atoms with Crippen LogP contribution in [-0.2, 0) is 0 Å². The molecule has 0 fully saturated rings. The molecule has 0 saturated carbocycles. The van der Waals surface area contributed by atoms with Crippen LogP contribution in [0.1, 0.15) is 10.4 Å². The lowest BCUT2D eigenvalue weighted by Crippen LogP contribution is -2.07. The highest BCUT2D eigenvalue weighted by Gasteiger charge is 2.08. The minimum atomic E-state index is -0.370. The number of hydrogen-bond donors (Lipinski definition) is 1. The van der Waals surface area contributed by atoms with Crippen molar-refractivity contribution in [2.75, 3.05) is 0 Å². The maximum Gasteiger partial charge on any atom is 0.343 e. The van der Waals surface area contributed by atoms with Crippen molar-refractivity contribution in [1.29, 1.82) is 0 Å². The first-order chi connectivity index (χ1) is 8.83. The van der Waals surface area contributed by atoms with Gasteiger partial charge in [0.05, 0.1) is 22.9 Å². The van der Waals surface area contributed by atoms with Crippen molar-refractivity contribution < 1.29 is 9.53 Å². The fraction of sp³-hybridized carbons (Fsp3) is 0. The molecule has 2 aromatic carbocycles. The molecule has 0 aliphatic carbocycles. The van der Waals surface area contributed by atoms with Gasteiger partial charge >= 0.3 is 5.97 Å². The molecule has 0 atom stereocenters. The maximum absolute atomic E-state index is 11.8. The molecule has 3 aromatic rings. The van der Waals surface area contributed by atoms with Gasteiger partial charge in [-0.15, -0.1) is 0 Å². The van der Waals surface area contributed by atoms with E-state index in [0.717, 1.165) is 11.0 Å². The van der Waals surface area contributed by atoms with Crippen molar-refractivity contribution in [3.63, 3.8) is 0 Å². The lowest BCUT2D eigenvalue weighted by atomic mass is 10.2. The molecule has 4 nitrogen and oxygen atoms in total. The van der Waals surface area contributed by atoms with E-state index in [4.69, 9.17) is 4.74 Å². The molecule has 4 heteroatoms. The number of H-pyrrole nitrogens is 1. The van der Waals surface area contributed by atoms with Crippen LogP contribution in [0.2, 0.25) is 0 Å². The predicted molar refractivity (Wildman–Crippen MR) is 67.5 cm³/mol. The third-order valence-corrected chi connectivity index (χ3v) is 2.61. The largest absolute Gasteiger partial charge is 0.423 e. The van der Waals surface area contributed by atoms with Gasteiger partial charge in [-0.3, -0.25) is 0 Å². The fourth-order valence-corrected chi connectivity index (χ4v) is 1.72. The molecule has 0 bridgehead atoms. The van der Waals surface area contributed by atoms with Crippen molar-refractivity contribution in [3.05, 3.63) is 60.4 Å². The maximum atomic E-state index is 11.8. The first-order valence-corrected chi connectivity index (χ1v) is 5.53. The van der Waals surface area contributed by atoms with Crippen LogP contribution in [0.3, 0.4) is 0 Å². The second-order valence-electron chi connectivity index (χ2n) is 3.84. The summed E-state index contributed by atoms with van der Waals surface area (Å²) < 4.78 is 5.29. The molecule has 1 heterocycles. The summed E-state index contributed by atoms with van der Waals surface area (Å²) in [5, 5.41) is 0. The standard InChI is InChI=1S/C14H10N2O2/c17-14(10-4-2-1-3-5-10)18-11-6-7-12-13(8-11)16-9-15-12/h1-9H,(H,15,16). The Balaban J connectivity index is 1.86. The summed E-state index contributed by atoms with van der Waals surface area (Å²) in [5.74, 6) is 0.119. The number of nitrogens with zero attached hydrogens (tertiary/aromatic N) is 1. The summed E-state index contributed by atoms with van der Waals surface area (Å²) in [6, 6.07) is 14.2. The molecule has 0 unspecified atom stereocenters. The Kier molecular flexibility index (Phi) is 2.53. The van der Waals surface area contributed by atoms with Crippen LogP contribution in [0, 0.1) is 0 Å². The van der Waals surface area contributed by atoms with Crippen molar-refractivity contribution in [2.24, 2.45) is 0 Å². The smallest absolute Gasteiger partial charge is 0.343 e. The molecule has 0 aliphatic rings. The number of esters is 1. The Morgan fingerprint density at radius 2 is 1.94 bits per heavy atom. The number of hydrogen-bond acceptors (Lipinski definition) is 3. The molecule has 3 rings (SSSR count). The molecule has 0 aliphatic heterocycles. The van der Waals surface area contributed by atoms with E-state index >= 15 is 0 Å². The molecule has 88 valence electrons. The fourth-order valence-electron chi connectivity index (χ4n) is 1.72. The lowest BCUT2D eigenvalue weighted by Gasteiger charge is -2.03. The van der Waals surface area contributed by atoms with Gasteiger partial charge in [0.1, 0.15) is 5.75 Å². The van der Waals surface area contributed by atoms with Gasteiger partial charge in [0, 0.05) is 6.07 Å².